The average Bonchev–Trinajstić information content (AvgIpc) is 2.89. The Hall–Kier alpha value is -1.53. The molecule has 96 valence electrons. The van der Waals surface area contributed by atoms with Crippen LogP contribution in [0.5, 0.6) is 0 Å². The second kappa shape index (κ2) is 5.88. The molecule has 0 unspecified atom stereocenters. The SMILES string of the molecule is CC(C)NCc1ccc(N2CCCC2)c(C#N)c1. The summed E-state index contributed by atoms with van der Waals surface area (Å²) in [4.78, 5) is 2.32. The van der Waals surface area contributed by atoms with E-state index in [1.807, 2.05) is 6.07 Å². The van der Waals surface area contributed by atoms with Gasteiger partial charge in [-0.25, -0.2) is 0 Å². The van der Waals surface area contributed by atoms with Crippen LogP contribution in [0.1, 0.15) is 37.8 Å². The summed E-state index contributed by atoms with van der Waals surface area (Å²) in [5.74, 6) is 0. The molecule has 3 heteroatoms. The van der Waals surface area contributed by atoms with Crippen LogP contribution in [0, 0.1) is 11.3 Å². The van der Waals surface area contributed by atoms with Gasteiger partial charge in [-0.05, 0) is 30.5 Å². The molecule has 1 heterocycles. The van der Waals surface area contributed by atoms with Gasteiger partial charge in [-0.15, -0.1) is 0 Å². The molecule has 1 aromatic rings. The molecule has 0 saturated carbocycles. The normalized spacial score (nSPS) is 15.1. The summed E-state index contributed by atoms with van der Waals surface area (Å²) in [5, 5.41) is 12.7. The molecule has 18 heavy (non-hydrogen) atoms. The first-order chi connectivity index (χ1) is 8.70. The van der Waals surface area contributed by atoms with E-state index < -0.39 is 0 Å². The Balaban J connectivity index is 2.15. The number of hydrogen-bond acceptors (Lipinski definition) is 3. The quantitative estimate of drug-likeness (QED) is 0.883. The van der Waals surface area contributed by atoms with Crippen LogP contribution < -0.4 is 10.2 Å². The second-order valence-corrected chi connectivity index (χ2v) is 5.19. The molecule has 0 aromatic heterocycles. The summed E-state index contributed by atoms with van der Waals surface area (Å²) in [5.41, 5.74) is 3.09. The zero-order valence-electron chi connectivity index (χ0n) is 11.2. The van der Waals surface area contributed by atoms with Crippen molar-refractivity contribution in [3.05, 3.63) is 29.3 Å². The van der Waals surface area contributed by atoms with Gasteiger partial charge in [0.1, 0.15) is 6.07 Å². The molecule has 1 saturated heterocycles. The molecule has 0 spiro atoms. The second-order valence-electron chi connectivity index (χ2n) is 5.19. The van der Waals surface area contributed by atoms with Gasteiger partial charge in [0.25, 0.3) is 0 Å². The van der Waals surface area contributed by atoms with Gasteiger partial charge in [-0.3, -0.25) is 0 Å². The first kappa shape index (κ1) is 12.9. The van der Waals surface area contributed by atoms with Crippen LogP contribution in [-0.4, -0.2) is 19.1 Å². The minimum absolute atomic E-state index is 0.466. The van der Waals surface area contributed by atoms with Crippen molar-refractivity contribution in [1.29, 1.82) is 5.26 Å². The fraction of sp³-hybridized carbons (Fsp3) is 0.533. The van der Waals surface area contributed by atoms with E-state index in [1.165, 1.54) is 18.4 Å². The van der Waals surface area contributed by atoms with E-state index in [0.717, 1.165) is 30.9 Å². The van der Waals surface area contributed by atoms with Gasteiger partial charge >= 0.3 is 0 Å². The number of nitrogens with zero attached hydrogens (tertiary/aromatic N) is 2. The Morgan fingerprint density at radius 3 is 2.67 bits per heavy atom. The summed E-state index contributed by atoms with van der Waals surface area (Å²) in [6.45, 7) is 7.25. The van der Waals surface area contributed by atoms with Gasteiger partial charge < -0.3 is 10.2 Å². The van der Waals surface area contributed by atoms with Crippen molar-refractivity contribution in [2.75, 3.05) is 18.0 Å². The van der Waals surface area contributed by atoms with Gasteiger partial charge in [0.05, 0.1) is 11.3 Å². The first-order valence-electron chi connectivity index (χ1n) is 6.72. The Bertz CT molecular complexity index is 440. The van der Waals surface area contributed by atoms with Crippen LogP contribution in [0.4, 0.5) is 5.69 Å². The lowest BCUT2D eigenvalue weighted by atomic mass is 10.1. The molecule has 0 aliphatic carbocycles. The molecule has 0 atom stereocenters. The van der Waals surface area contributed by atoms with E-state index in [1.54, 1.807) is 0 Å². The van der Waals surface area contributed by atoms with E-state index in [4.69, 9.17) is 0 Å². The van der Waals surface area contributed by atoms with Crippen molar-refractivity contribution >= 4 is 5.69 Å². The van der Waals surface area contributed by atoms with Gasteiger partial charge in [0.2, 0.25) is 0 Å². The number of anilines is 1. The van der Waals surface area contributed by atoms with Crippen LogP contribution in [0.3, 0.4) is 0 Å². The van der Waals surface area contributed by atoms with E-state index in [0.29, 0.717) is 6.04 Å². The maximum Gasteiger partial charge on any atom is 0.101 e. The van der Waals surface area contributed by atoms with Crippen molar-refractivity contribution < 1.29 is 0 Å². The topological polar surface area (TPSA) is 39.1 Å². The van der Waals surface area contributed by atoms with Crippen molar-refractivity contribution in [1.82, 2.24) is 5.32 Å². The molecular formula is C15H21N3. The summed E-state index contributed by atoms with van der Waals surface area (Å²) < 4.78 is 0. The monoisotopic (exact) mass is 243 g/mol. The molecule has 1 aliphatic rings. The molecular weight excluding hydrogens is 222 g/mol. The highest BCUT2D eigenvalue weighted by Gasteiger charge is 2.15. The number of nitriles is 1. The summed E-state index contributed by atoms with van der Waals surface area (Å²) >= 11 is 0. The molecule has 2 rings (SSSR count). The van der Waals surface area contributed by atoms with Gasteiger partial charge in [0, 0.05) is 25.7 Å². The lowest BCUT2D eigenvalue weighted by Crippen LogP contribution is -2.22. The molecule has 1 fully saturated rings. The lowest BCUT2D eigenvalue weighted by molar-refractivity contribution is 0.589. The smallest absolute Gasteiger partial charge is 0.101 e. The van der Waals surface area contributed by atoms with Crippen molar-refractivity contribution in [2.45, 2.75) is 39.3 Å². The maximum atomic E-state index is 9.28. The minimum Gasteiger partial charge on any atom is -0.370 e. The summed E-state index contributed by atoms with van der Waals surface area (Å²) in [7, 11) is 0. The Kier molecular flexibility index (Phi) is 4.22. The third kappa shape index (κ3) is 3.02. The number of rotatable bonds is 4. The van der Waals surface area contributed by atoms with Gasteiger partial charge in [-0.2, -0.15) is 5.26 Å². The molecule has 3 nitrogen and oxygen atoms in total. The van der Waals surface area contributed by atoms with E-state index in [2.05, 4.69) is 42.3 Å². The van der Waals surface area contributed by atoms with Crippen molar-refractivity contribution in [2.24, 2.45) is 0 Å². The van der Waals surface area contributed by atoms with Crippen molar-refractivity contribution in [3.8, 4) is 6.07 Å². The van der Waals surface area contributed by atoms with Gasteiger partial charge in [0.15, 0.2) is 0 Å². The highest BCUT2D eigenvalue weighted by molar-refractivity contribution is 5.60. The molecule has 0 bridgehead atoms. The largest absolute Gasteiger partial charge is 0.370 e. The van der Waals surface area contributed by atoms with E-state index in [-0.39, 0.29) is 0 Å². The fourth-order valence-electron chi connectivity index (χ4n) is 2.34. The van der Waals surface area contributed by atoms with Crippen molar-refractivity contribution in [3.63, 3.8) is 0 Å². The molecule has 0 amide bonds. The molecule has 0 radical (unpaired) electrons. The summed E-state index contributed by atoms with van der Waals surface area (Å²) in [6, 6.07) is 9.04. The zero-order chi connectivity index (χ0) is 13.0. The molecule has 1 aliphatic heterocycles. The Morgan fingerprint density at radius 1 is 1.33 bits per heavy atom. The third-order valence-electron chi connectivity index (χ3n) is 3.34. The Labute approximate surface area is 109 Å². The fourth-order valence-corrected chi connectivity index (χ4v) is 2.34. The number of benzene rings is 1. The summed E-state index contributed by atoms with van der Waals surface area (Å²) in [6.07, 6.45) is 2.48. The third-order valence-corrected chi connectivity index (χ3v) is 3.34. The number of hydrogen-bond donors (Lipinski definition) is 1. The Morgan fingerprint density at radius 2 is 2.06 bits per heavy atom. The van der Waals surface area contributed by atoms with Crippen LogP contribution >= 0.6 is 0 Å². The zero-order valence-corrected chi connectivity index (χ0v) is 11.2. The predicted octanol–water partition coefficient (Wildman–Crippen LogP) is 2.66. The van der Waals surface area contributed by atoms with E-state index >= 15 is 0 Å². The first-order valence-corrected chi connectivity index (χ1v) is 6.72. The van der Waals surface area contributed by atoms with Crippen LogP contribution in [0.25, 0.3) is 0 Å². The highest BCUT2D eigenvalue weighted by Crippen LogP contribution is 2.25. The van der Waals surface area contributed by atoms with Crippen LogP contribution in [0.2, 0.25) is 0 Å². The van der Waals surface area contributed by atoms with Crippen LogP contribution in [0.15, 0.2) is 18.2 Å². The lowest BCUT2D eigenvalue weighted by Gasteiger charge is -2.19. The van der Waals surface area contributed by atoms with Crippen LogP contribution in [-0.2, 0) is 6.54 Å². The standard InChI is InChI=1S/C15H21N3/c1-12(2)17-11-13-5-6-15(14(9-13)10-16)18-7-3-4-8-18/h5-6,9,12,17H,3-4,7-8,11H2,1-2H3. The number of nitrogens with one attached hydrogen (secondary N) is 1. The van der Waals surface area contributed by atoms with Gasteiger partial charge in [-0.1, -0.05) is 19.9 Å². The average molecular weight is 243 g/mol. The van der Waals surface area contributed by atoms with E-state index in [9.17, 15) is 5.26 Å². The molecule has 1 N–H and O–H groups in total. The highest BCUT2D eigenvalue weighted by atomic mass is 15.1. The maximum absolute atomic E-state index is 9.28. The predicted molar refractivity (Wildman–Crippen MR) is 74.6 cm³/mol. The molecule has 1 aromatic carbocycles. The minimum atomic E-state index is 0.466.